The van der Waals surface area contributed by atoms with Crippen LogP contribution in [0.25, 0.3) is 0 Å². The van der Waals surface area contributed by atoms with Crippen LogP contribution in [0.15, 0.2) is 0 Å². The van der Waals surface area contributed by atoms with Crippen molar-refractivity contribution in [3.05, 3.63) is 0 Å². The Morgan fingerprint density at radius 2 is 0.430 bits per heavy atom. The number of halogens is 41. The van der Waals surface area contributed by atoms with E-state index in [0.29, 0.717) is 34.6 Å². The van der Waals surface area contributed by atoms with Crippen LogP contribution in [-0.2, 0) is 0 Å². The van der Waals surface area contributed by atoms with E-state index in [-0.39, 0.29) is 72.0 Å². The van der Waals surface area contributed by atoms with Gasteiger partial charge in [0.2, 0.25) is 11.3 Å². The summed E-state index contributed by atoms with van der Waals surface area (Å²) in [5.74, 6) is -46.7. The van der Waals surface area contributed by atoms with Gasteiger partial charge in [-0.2, -0.15) is 43.9 Å². The van der Waals surface area contributed by atoms with E-state index in [1.807, 2.05) is 0 Å². The van der Waals surface area contributed by atoms with Crippen LogP contribution in [0.1, 0.15) is 134 Å². The van der Waals surface area contributed by atoms with Gasteiger partial charge in [0.05, 0.1) is 28.1 Å². The van der Waals surface area contributed by atoms with Crippen molar-refractivity contribution in [2.45, 2.75) is 244 Å². The smallest absolute Gasteiger partial charge is 0.269 e. The summed E-state index contributed by atoms with van der Waals surface area (Å²) in [7, 11) is 0. The fourth-order valence-electron chi connectivity index (χ4n) is 12.5. The van der Waals surface area contributed by atoms with Crippen LogP contribution < -0.4 is 0 Å². The SMILES string of the molecule is CC1(F)CC(C)(CF)C(F)(F)C(C)(CF)CC(C)(F)C1(F)F.CC1(F)CC(C)(CF)C(F)(F)C(C)(CF)CC(C)(F)C1(F)F.CC1(F)CC(C)(F)C(F)(F)C(C)(CF)C(F)(F)C(F)(CF)C1.CC1(F)CC(F)(F)C(F)(F)C(F)(CF)C(F)(F)C(F)(CF)C1.F.F.F.F.F. The summed E-state index contributed by atoms with van der Waals surface area (Å²) in [6.07, 6.45) is -15.0. The molecule has 93 heavy (non-hydrogen) atoms. The van der Waals surface area contributed by atoms with Crippen LogP contribution >= 0.6 is 0 Å². The maximum absolute atomic E-state index is 14.6. The molecule has 0 aromatic carbocycles. The first-order valence-corrected chi connectivity index (χ1v) is 25.9. The molecule has 0 bridgehead atoms. The molecule has 0 spiro atoms. The highest BCUT2D eigenvalue weighted by molar-refractivity contribution is 5.22. The molecule has 4 rings (SSSR count). The van der Waals surface area contributed by atoms with Crippen molar-refractivity contribution in [1.82, 2.24) is 0 Å². The summed E-state index contributed by atoms with van der Waals surface area (Å²) in [5.41, 5.74) is -56.6. The van der Waals surface area contributed by atoms with Gasteiger partial charge in [0.15, 0.2) is 28.3 Å². The van der Waals surface area contributed by atoms with E-state index in [1.54, 1.807) is 0 Å². The molecule has 4 aliphatic carbocycles. The van der Waals surface area contributed by atoms with Crippen LogP contribution in [0, 0.1) is 27.1 Å². The Balaban J connectivity index is -0.000000364. The lowest BCUT2D eigenvalue weighted by molar-refractivity contribution is -0.366. The fourth-order valence-corrected chi connectivity index (χ4v) is 12.5. The first-order valence-electron chi connectivity index (χ1n) is 25.9. The second-order valence-electron chi connectivity index (χ2n) is 26.9. The average Bonchev–Trinajstić information content (AvgIpc) is 3.34. The molecule has 0 aromatic rings. The van der Waals surface area contributed by atoms with Gasteiger partial charge in [0.25, 0.3) is 29.4 Å². The maximum Gasteiger partial charge on any atom is 0.352 e. The molecule has 0 aromatic heterocycles. The van der Waals surface area contributed by atoms with Crippen molar-refractivity contribution in [2.75, 3.05) is 53.4 Å². The Morgan fingerprint density at radius 3 is 0.645 bits per heavy atom. The van der Waals surface area contributed by atoms with E-state index in [2.05, 4.69) is 0 Å². The molecule has 0 nitrogen and oxygen atoms in total. The predicted octanol–water partition coefficient (Wildman–Crippen LogP) is 21.6. The molecule has 41 heteroatoms. The van der Waals surface area contributed by atoms with Crippen molar-refractivity contribution in [3.8, 4) is 0 Å². The highest BCUT2D eigenvalue weighted by atomic mass is 19.3. The average molecular weight is 1480 g/mol. The predicted molar refractivity (Wildman–Crippen MR) is 260 cm³/mol. The molecule has 4 fully saturated rings. The van der Waals surface area contributed by atoms with Gasteiger partial charge >= 0.3 is 29.6 Å². The van der Waals surface area contributed by atoms with Crippen molar-refractivity contribution in [1.29, 1.82) is 0 Å². The van der Waals surface area contributed by atoms with E-state index in [4.69, 9.17) is 0 Å². The second-order valence-corrected chi connectivity index (χ2v) is 26.9. The molecule has 4 aliphatic rings. The van der Waals surface area contributed by atoms with Gasteiger partial charge in [0, 0.05) is 44.9 Å². The molecule has 0 heterocycles. The van der Waals surface area contributed by atoms with Crippen LogP contribution in [0.4, 0.5) is 182 Å². The lowest BCUT2D eigenvalue weighted by Crippen LogP contribution is -2.74. The van der Waals surface area contributed by atoms with Gasteiger partial charge in [-0.3, -0.25) is 45.5 Å². The number of alkyl halides is 36. The minimum Gasteiger partial charge on any atom is -0.269 e. The largest absolute Gasteiger partial charge is 0.352 e. The maximum atomic E-state index is 14.6. The third-order valence-electron chi connectivity index (χ3n) is 17.8. The number of hydrogen-bond acceptors (Lipinski definition) is 0. The molecule has 0 saturated heterocycles. The van der Waals surface area contributed by atoms with Crippen molar-refractivity contribution in [2.24, 2.45) is 27.1 Å². The zero-order chi connectivity index (χ0) is 71.3. The summed E-state index contributed by atoms with van der Waals surface area (Å²) in [6.45, 7) is -14.7. The Morgan fingerprint density at radius 1 is 0.204 bits per heavy atom. The fraction of sp³-hybridized carbons (Fsp3) is 1.00. The van der Waals surface area contributed by atoms with Gasteiger partial charge in [-0.25, -0.2) is 92.2 Å². The summed E-state index contributed by atoms with van der Waals surface area (Å²) >= 11 is 0. The Kier molecular flexibility index (Phi) is 29.8. The van der Waals surface area contributed by atoms with Gasteiger partial charge in [-0.15, -0.1) is 0 Å². The van der Waals surface area contributed by atoms with Gasteiger partial charge in [0.1, 0.15) is 70.1 Å². The topological polar surface area (TPSA) is 0 Å². The van der Waals surface area contributed by atoms with Crippen molar-refractivity contribution < 1.29 is 182 Å². The van der Waals surface area contributed by atoms with Crippen molar-refractivity contribution in [3.63, 3.8) is 0 Å². The molecule has 0 radical (unpaired) electrons. The van der Waals surface area contributed by atoms with Crippen molar-refractivity contribution >= 4 is 0 Å². The van der Waals surface area contributed by atoms with E-state index in [0.717, 1.165) is 0 Å². The van der Waals surface area contributed by atoms with Gasteiger partial charge in [-0.1, -0.05) is 27.7 Å². The molecule has 0 N–H and O–H groups in total. The molecule has 0 aliphatic heterocycles. The summed E-state index contributed by atoms with van der Waals surface area (Å²) in [6, 6.07) is 0. The third kappa shape index (κ3) is 14.9. The molecular formula is C52H73F41. The van der Waals surface area contributed by atoms with E-state index in [1.165, 1.54) is 0 Å². The Hall–Kier alpha value is -2.87. The monoisotopic (exact) mass is 1480 g/mol. The minimum atomic E-state index is -6.47. The third-order valence-corrected chi connectivity index (χ3v) is 17.8. The first kappa shape index (κ1) is 98.8. The van der Waals surface area contributed by atoms with Crippen LogP contribution in [0.5, 0.6) is 0 Å². The van der Waals surface area contributed by atoms with Crippen LogP contribution in [-0.4, -0.2) is 163 Å². The Labute approximate surface area is 506 Å². The van der Waals surface area contributed by atoms with Crippen LogP contribution in [0.3, 0.4) is 0 Å². The summed E-state index contributed by atoms with van der Waals surface area (Å²) < 4.78 is 499. The second kappa shape index (κ2) is 28.0. The quantitative estimate of drug-likeness (QED) is 0.213. The van der Waals surface area contributed by atoms with Gasteiger partial charge in [-0.05, 0) is 55.4 Å². The summed E-state index contributed by atoms with van der Waals surface area (Å²) in [5, 5.41) is 0. The minimum absolute atomic E-state index is 0. The standard InChI is InChI=1S/2C14H20F8.C13H17F9.C11H11F11.5FH/c2*1-9(7-15)5-11(3,17)14(21,22)12(4,18)6-10(2,8-16)13(9,19)20;1-8(16)4-10(3,17)12(19,20)9(2,6-14)13(21,22)11(18,5-8)7-15;1-6(14)2-7(15,4-12)10(19,20)8(16,5-13)11(21,22)9(17,18)3-6;;;;;/h2*5-8H2,1-4H3;4-7H2,1-3H3;2-5H2,1H3;5*1H. The zero-order valence-corrected chi connectivity index (χ0v) is 51.0. The Bertz CT molecular complexity index is 2120. The normalized spacial score (nSPS) is 44.9. The number of rotatable bonds is 8. The highest BCUT2D eigenvalue weighted by Gasteiger charge is 2.87. The number of hydrogen-bond donors (Lipinski definition) is 0. The van der Waals surface area contributed by atoms with Crippen LogP contribution in [0.2, 0.25) is 0 Å². The lowest BCUT2D eigenvalue weighted by atomic mass is 9.58. The molecular weight excluding hydrogens is 1400 g/mol. The zero-order valence-electron chi connectivity index (χ0n) is 51.0. The van der Waals surface area contributed by atoms with E-state index < -0.39 is 242 Å². The van der Waals surface area contributed by atoms with E-state index >= 15 is 0 Å². The highest BCUT2D eigenvalue weighted by Crippen LogP contribution is 2.68. The van der Waals surface area contributed by atoms with Gasteiger partial charge < -0.3 is 0 Å². The molecule has 568 valence electrons. The summed E-state index contributed by atoms with van der Waals surface area (Å²) in [4.78, 5) is 0. The lowest BCUT2D eigenvalue weighted by Gasteiger charge is -2.54. The first-order chi connectivity index (χ1) is 38.1. The molecule has 0 amide bonds. The van der Waals surface area contributed by atoms with E-state index in [9.17, 15) is 158 Å². The molecule has 4 saturated carbocycles. The molecule has 15 unspecified atom stereocenters. The molecule has 15 atom stereocenters.